The third-order valence-corrected chi connectivity index (χ3v) is 1.83. The Bertz CT molecular complexity index is 252. The summed E-state index contributed by atoms with van der Waals surface area (Å²) >= 11 is 3.17. The summed E-state index contributed by atoms with van der Waals surface area (Å²) in [5.41, 5.74) is 0.934. The Kier molecular flexibility index (Phi) is 2.88. The van der Waals surface area contributed by atoms with Crippen LogP contribution in [0.3, 0.4) is 0 Å². The maximum Gasteiger partial charge on any atom is 0.169 e. The molecule has 2 nitrogen and oxygen atoms in total. The van der Waals surface area contributed by atoms with E-state index >= 15 is 0 Å². The average Bonchev–Trinajstić information content (AvgIpc) is 2.35. The standard InChI is InChI=1S/C8H9BrO2/c1-2-7(10)3-6-4-8(9)11-5-6/h4-5H,2-3H2,1H3. The second kappa shape index (κ2) is 3.72. The van der Waals surface area contributed by atoms with Crippen LogP contribution in [-0.4, -0.2) is 5.78 Å². The van der Waals surface area contributed by atoms with Crippen molar-refractivity contribution in [1.82, 2.24) is 0 Å². The molecular weight excluding hydrogens is 208 g/mol. The van der Waals surface area contributed by atoms with Crippen LogP contribution in [0.4, 0.5) is 0 Å². The molecule has 1 aromatic rings. The number of Topliss-reactive ketones (excluding diaryl/α,β-unsaturated/α-hetero) is 1. The smallest absolute Gasteiger partial charge is 0.169 e. The second-order valence-corrected chi connectivity index (χ2v) is 3.11. The van der Waals surface area contributed by atoms with E-state index in [1.165, 1.54) is 0 Å². The van der Waals surface area contributed by atoms with Gasteiger partial charge in [-0.15, -0.1) is 0 Å². The van der Waals surface area contributed by atoms with Crippen LogP contribution < -0.4 is 0 Å². The van der Waals surface area contributed by atoms with Gasteiger partial charge in [0.15, 0.2) is 4.67 Å². The Hall–Kier alpha value is -0.570. The van der Waals surface area contributed by atoms with Gasteiger partial charge in [-0.25, -0.2) is 0 Å². The average molecular weight is 217 g/mol. The summed E-state index contributed by atoms with van der Waals surface area (Å²) in [6, 6.07) is 1.81. The number of halogens is 1. The minimum absolute atomic E-state index is 0.235. The van der Waals surface area contributed by atoms with E-state index in [0.29, 0.717) is 17.5 Å². The van der Waals surface area contributed by atoms with E-state index in [1.54, 1.807) is 6.26 Å². The van der Waals surface area contributed by atoms with Crippen LogP contribution in [0.25, 0.3) is 0 Å². The van der Waals surface area contributed by atoms with Crippen molar-refractivity contribution >= 4 is 21.7 Å². The summed E-state index contributed by atoms with van der Waals surface area (Å²) in [5.74, 6) is 0.235. The zero-order chi connectivity index (χ0) is 8.27. The van der Waals surface area contributed by atoms with Crippen LogP contribution in [-0.2, 0) is 11.2 Å². The minimum Gasteiger partial charge on any atom is -0.457 e. The Morgan fingerprint density at radius 3 is 2.91 bits per heavy atom. The first-order valence-electron chi connectivity index (χ1n) is 3.47. The molecule has 0 aliphatic heterocycles. The highest BCUT2D eigenvalue weighted by Crippen LogP contribution is 2.14. The molecule has 0 unspecified atom stereocenters. The third-order valence-electron chi connectivity index (χ3n) is 1.42. The van der Waals surface area contributed by atoms with Crippen LogP contribution in [0.1, 0.15) is 18.9 Å². The summed E-state index contributed by atoms with van der Waals surface area (Å²) in [5, 5.41) is 0. The van der Waals surface area contributed by atoms with Crippen LogP contribution in [0.15, 0.2) is 21.4 Å². The highest BCUT2D eigenvalue weighted by atomic mass is 79.9. The van der Waals surface area contributed by atoms with E-state index in [1.807, 2.05) is 13.0 Å². The normalized spacial score (nSPS) is 10.0. The highest BCUT2D eigenvalue weighted by molar-refractivity contribution is 9.10. The lowest BCUT2D eigenvalue weighted by atomic mass is 10.1. The first-order chi connectivity index (χ1) is 5.22. The molecule has 0 N–H and O–H groups in total. The molecule has 0 saturated carbocycles. The second-order valence-electron chi connectivity index (χ2n) is 2.33. The molecule has 0 aromatic carbocycles. The van der Waals surface area contributed by atoms with Gasteiger partial charge in [0.25, 0.3) is 0 Å². The van der Waals surface area contributed by atoms with Crippen molar-refractivity contribution in [2.75, 3.05) is 0 Å². The number of ketones is 1. The lowest BCUT2D eigenvalue weighted by Gasteiger charge is -1.90. The molecule has 60 valence electrons. The zero-order valence-electron chi connectivity index (χ0n) is 6.26. The van der Waals surface area contributed by atoms with E-state index in [0.717, 1.165) is 5.56 Å². The van der Waals surface area contributed by atoms with Gasteiger partial charge in [0, 0.05) is 12.8 Å². The van der Waals surface area contributed by atoms with Crippen LogP contribution >= 0.6 is 15.9 Å². The van der Waals surface area contributed by atoms with Gasteiger partial charge >= 0.3 is 0 Å². The van der Waals surface area contributed by atoms with Crippen molar-refractivity contribution < 1.29 is 9.21 Å². The van der Waals surface area contributed by atoms with E-state index < -0.39 is 0 Å². The first-order valence-corrected chi connectivity index (χ1v) is 4.26. The number of carbonyl (C=O) groups excluding carboxylic acids is 1. The molecule has 0 aliphatic carbocycles. The molecule has 0 atom stereocenters. The lowest BCUT2D eigenvalue weighted by molar-refractivity contribution is -0.118. The van der Waals surface area contributed by atoms with Crippen LogP contribution in [0.5, 0.6) is 0 Å². The Labute approximate surface area is 73.7 Å². The van der Waals surface area contributed by atoms with Gasteiger partial charge in [-0.1, -0.05) is 6.92 Å². The molecule has 3 heteroatoms. The molecule has 0 spiro atoms. The van der Waals surface area contributed by atoms with Gasteiger partial charge < -0.3 is 4.42 Å². The Morgan fingerprint density at radius 2 is 2.45 bits per heavy atom. The zero-order valence-corrected chi connectivity index (χ0v) is 7.85. The van der Waals surface area contributed by atoms with Gasteiger partial charge in [0.2, 0.25) is 0 Å². The molecule has 0 aliphatic rings. The largest absolute Gasteiger partial charge is 0.457 e. The van der Waals surface area contributed by atoms with Crippen LogP contribution in [0, 0.1) is 0 Å². The summed E-state index contributed by atoms with van der Waals surface area (Å²) < 4.78 is 5.65. The molecular formula is C8H9BrO2. The summed E-state index contributed by atoms with van der Waals surface area (Å²) in [7, 11) is 0. The van der Waals surface area contributed by atoms with E-state index in [2.05, 4.69) is 15.9 Å². The molecule has 0 saturated heterocycles. The molecule has 0 amide bonds. The summed E-state index contributed by atoms with van der Waals surface area (Å²) in [6.07, 6.45) is 2.66. The number of rotatable bonds is 3. The van der Waals surface area contributed by atoms with Crippen molar-refractivity contribution in [3.63, 3.8) is 0 Å². The maximum absolute atomic E-state index is 10.9. The van der Waals surface area contributed by atoms with Crippen molar-refractivity contribution in [3.05, 3.63) is 22.6 Å². The maximum atomic E-state index is 10.9. The molecule has 11 heavy (non-hydrogen) atoms. The van der Waals surface area contributed by atoms with Crippen molar-refractivity contribution in [2.45, 2.75) is 19.8 Å². The minimum atomic E-state index is 0.235. The fraction of sp³-hybridized carbons (Fsp3) is 0.375. The number of carbonyl (C=O) groups is 1. The lowest BCUT2D eigenvalue weighted by Crippen LogP contribution is -1.98. The topological polar surface area (TPSA) is 30.2 Å². The molecule has 1 aromatic heterocycles. The molecule has 0 fully saturated rings. The van der Waals surface area contributed by atoms with E-state index in [9.17, 15) is 4.79 Å². The highest BCUT2D eigenvalue weighted by Gasteiger charge is 2.03. The van der Waals surface area contributed by atoms with Crippen molar-refractivity contribution in [3.8, 4) is 0 Å². The van der Waals surface area contributed by atoms with Crippen molar-refractivity contribution in [1.29, 1.82) is 0 Å². The fourth-order valence-electron chi connectivity index (χ4n) is 0.791. The van der Waals surface area contributed by atoms with Gasteiger partial charge in [-0.05, 0) is 27.6 Å². The Morgan fingerprint density at radius 1 is 1.73 bits per heavy atom. The predicted molar refractivity (Wildman–Crippen MR) is 45.4 cm³/mol. The molecule has 0 bridgehead atoms. The van der Waals surface area contributed by atoms with E-state index in [4.69, 9.17) is 4.42 Å². The summed E-state index contributed by atoms with van der Waals surface area (Å²) in [6.45, 7) is 1.86. The Balaban J connectivity index is 2.57. The van der Waals surface area contributed by atoms with Gasteiger partial charge in [0.1, 0.15) is 5.78 Å². The van der Waals surface area contributed by atoms with Crippen LogP contribution in [0.2, 0.25) is 0 Å². The first kappa shape index (κ1) is 8.53. The predicted octanol–water partition coefficient (Wildman–Crippen LogP) is 2.56. The number of hydrogen-bond donors (Lipinski definition) is 0. The van der Waals surface area contributed by atoms with Gasteiger partial charge in [-0.3, -0.25) is 4.79 Å². The quantitative estimate of drug-likeness (QED) is 0.778. The van der Waals surface area contributed by atoms with Crippen molar-refractivity contribution in [2.24, 2.45) is 0 Å². The molecule has 1 rings (SSSR count). The van der Waals surface area contributed by atoms with E-state index in [-0.39, 0.29) is 5.78 Å². The monoisotopic (exact) mass is 216 g/mol. The third kappa shape index (κ3) is 2.50. The SMILES string of the molecule is CCC(=O)Cc1coc(Br)c1. The fourth-order valence-corrected chi connectivity index (χ4v) is 1.18. The molecule has 1 heterocycles. The van der Waals surface area contributed by atoms with Gasteiger partial charge in [-0.2, -0.15) is 0 Å². The number of hydrogen-bond acceptors (Lipinski definition) is 2. The molecule has 0 radical (unpaired) electrons. The summed E-state index contributed by atoms with van der Waals surface area (Å²) in [4.78, 5) is 10.9. The van der Waals surface area contributed by atoms with Gasteiger partial charge in [0.05, 0.1) is 6.26 Å². The number of furan rings is 1.